The first kappa shape index (κ1) is 23.2. The van der Waals surface area contributed by atoms with Crippen LogP contribution in [0.15, 0.2) is 42.6 Å². The van der Waals surface area contributed by atoms with Gasteiger partial charge in [-0.1, -0.05) is 12.1 Å². The molecule has 10 nitrogen and oxygen atoms in total. The fraction of sp³-hybridized carbons (Fsp3) is 0.333. The van der Waals surface area contributed by atoms with Crippen molar-refractivity contribution < 1.29 is 14.2 Å². The molecule has 4 heterocycles. The zero-order valence-electron chi connectivity index (χ0n) is 19.9. The van der Waals surface area contributed by atoms with Crippen LogP contribution in [0.5, 0.6) is 17.4 Å². The second kappa shape index (κ2) is 10.4. The molecule has 1 aliphatic rings. The van der Waals surface area contributed by atoms with E-state index in [1.165, 1.54) is 12.8 Å². The maximum atomic E-state index is 5.71. The molecule has 1 aromatic carbocycles. The summed E-state index contributed by atoms with van der Waals surface area (Å²) in [5.74, 6) is 2.91. The van der Waals surface area contributed by atoms with E-state index in [1.54, 1.807) is 32.6 Å². The Balaban J connectivity index is 1.68. The third-order valence-corrected chi connectivity index (χ3v) is 6.51. The molecule has 0 spiro atoms. The van der Waals surface area contributed by atoms with Gasteiger partial charge in [0.25, 0.3) is 0 Å². The first-order valence-electron chi connectivity index (χ1n) is 11.5. The molecule has 0 bridgehead atoms. The molecule has 11 heteroatoms. The number of benzene rings is 1. The van der Waals surface area contributed by atoms with Crippen LogP contribution in [-0.4, -0.2) is 62.7 Å². The summed E-state index contributed by atoms with van der Waals surface area (Å²) in [6.45, 7) is 4.54. The predicted molar refractivity (Wildman–Crippen MR) is 136 cm³/mol. The summed E-state index contributed by atoms with van der Waals surface area (Å²) in [7, 11) is 3.24. The Morgan fingerprint density at radius 2 is 1.71 bits per heavy atom. The Bertz CT molecular complexity index is 1300. The standard InChI is InChI=1S/C24H27N7O3S/c1-4-34-20-12-7-9-16(26-20)23-28-22-24(27-19(15-25-22)29-35-30-13-5-6-14-30)31(23)21-17(32-2)10-8-11-18(21)33-3/h7-12,15H,4-6,13-14H2,1-3H3,(H,27,29). The first-order valence-corrected chi connectivity index (χ1v) is 12.2. The van der Waals surface area contributed by atoms with E-state index in [-0.39, 0.29) is 0 Å². The highest BCUT2D eigenvalue weighted by molar-refractivity contribution is 7.98. The highest BCUT2D eigenvalue weighted by atomic mass is 32.2. The Morgan fingerprint density at radius 1 is 0.971 bits per heavy atom. The van der Waals surface area contributed by atoms with Gasteiger partial charge in [0, 0.05) is 31.3 Å². The molecule has 4 aromatic rings. The van der Waals surface area contributed by atoms with Gasteiger partial charge in [0.1, 0.15) is 22.9 Å². The summed E-state index contributed by atoms with van der Waals surface area (Å²) in [5.41, 5.74) is 2.31. The third kappa shape index (κ3) is 4.69. The molecule has 0 radical (unpaired) electrons. The van der Waals surface area contributed by atoms with Crippen LogP contribution in [0.25, 0.3) is 28.5 Å². The van der Waals surface area contributed by atoms with Gasteiger partial charge in [-0.15, -0.1) is 0 Å². The average Bonchev–Trinajstić information content (AvgIpc) is 3.55. The van der Waals surface area contributed by atoms with Gasteiger partial charge in [-0.25, -0.2) is 24.2 Å². The largest absolute Gasteiger partial charge is 0.494 e. The van der Waals surface area contributed by atoms with E-state index in [9.17, 15) is 0 Å². The van der Waals surface area contributed by atoms with Crippen molar-refractivity contribution in [1.82, 2.24) is 28.8 Å². The normalized spacial score (nSPS) is 13.8. The second-order valence-electron chi connectivity index (χ2n) is 7.81. The van der Waals surface area contributed by atoms with Crippen LogP contribution in [0.1, 0.15) is 19.8 Å². The topological polar surface area (TPSA) is 99.5 Å². The number of hydrogen-bond donors (Lipinski definition) is 1. The van der Waals surface area contributed by atoms with Crippen molar-refractivity contribution in [2.24, 2.45) is 0 Å². The molecule has 0 atom stereocenters. The molecule has 0 unspecified atom stereocenters. The third-order valence-electron chi connectivity index (χ3n) is 5.59. The Labute approximate surface area is 207 Å². The molecular weight excluding hydrogens is 466 g/mol. The molecule has 0 amide bonds. The van der Waals surface area contributed by atoms with E-state index < -0.39 is 0 Å². The van der Waals surface area contributed by atoms with Crippen molar-refractivity contribution in [2.45, 2.75) is 19.8 Å². The number of pyridine rings is 1. The molecule has 182 valence electrons. The van der Waals surface area contributed by atoms with Gasteiger partial charge in [-0.05, 0) is 38.0 Å². The zero-order chi connectivity index (χ0) is 24.2. The molecule has 1 N–H and O–H groups in total. The lowest BCUT2D eigenvalue weighted by Gasteiger charge is -2.17. The van der Waals surface area contributed by atoms with Crippen molar-refractivity contribution in [3.05, 3.63) is 42.6 Å². The van der Waals surface area contributed by atoms with Gasteiger partial charge in [0.2, 0.25) is 5.88 Å². The van der Waals surface area contributed by atoms with Crippen molar-refractivity contribution in [3.8, 4) is 34.6 Å². The van der Waals surface area contributed by atoms with Crippen LogP contribution in [0.4, 0.5) is 5.82 Å². The Kier molecular flexibility index (Phi) is 6.87. The fourth-order valence-electron chi connectivity index (χ4n) is 4.00. The number of nitrogens with one attached hydrogen (secondary N) is 1. The van der Waals surface area contributed by atoms with Crippen LogP contribution in [0, 0.1) is 0 Å². The van der Waals surface area contributed by atoms with Crippen molar-refractivity contribution in [2.75, 3.05) is 38.6 Å². The van der Waals surface area contributed by atoms with Crippen LogP contribution in [-0.2, 0) is 0 Å². The van der Waals surface area contributed by atoms with E-state index in [1.807, 2.05) is 47.9 Å². The maximum absolute atomic E-state index is 5.71. The number of aromatic nitrogens is 5. The van der Waals surface area contributed by atoms with Gasteiger partial charge >= 0.3 is 0 Å². The SMILES string of the molecule is CCOc1cccc(-c2nc3ncc(NSN4CCCC4)nc3n2-c2c(OC)cccc2OC)n1. The molecular formula is C24H27N7O3S. The fourth-order valence-corrected chi connectivity index (χ4v) is 4.76. The first-order chi connectivity index (χ1) is 17.2. The van der Waals surface area contributed by atoms with Gasteiger partial charge in [0.15, 0.2) is 22.9 Å². The lowest BCUT2D eigenvalue weighted by molar-refractivity contribution is 0.327. The number of anilines is 1. The highest BCUT2D eigenvalue weighted by Crippen LogP contribution is 2.38. The number of rotatable bonds is 9. The summed E-state index contributed by atoms with van der Waals surface area (Å²) in [6, 6.07) is 11.2. The van der Waals surface area contributed by atoms with Crippen LogP contribution in [0.2, 0.25) is 0 Å². The monoisotopic (exact) mass is 493 g/mol. The van der Waals surface area contributed by atoms with Gasteiger partial charge in [-0.2, -0.15) is 0 Å². The number of hydrogen-bond acceptors (Lipinski definition) is 10. The summed E-state index contributed by atoms with van der Waals surface area (Å²) < 4.78 is 24.5. The molecule has 35 heavy (non-hydrogen) atoms. The molecule has 1 aliphatic heterocycles. The van der Waals surface area contributed by atoms with E-state index in [0.717, 1.165) is 13.1 Å². The second-order valence-corrected chi connectivity index (χ2v) is 8.71. The average molecular weight is 494 g/mol. The number of imidazole rings is 1. The predicted octanol–water partition coefficient (Wildman–Crippen LogP) is 4.36. The van der Waals surface area contributed by atoms with E-state index >= 15 is 0 Å². The minimum atomic E-state index is 0.480. The quantitative estimate of drug-likeness (QED) is 0.339. The lowest BCUT2D eigenvalue weighted by Crippen LogP contribution is -2.12. The van der Waals surface area contributed by atoms with Crippen molar-refractivity contribution >= 4 is 29.2 Å². The maximum Gasteiger partial charge on any atom is 0.213 e. The molecule has 5 rings (SSSR count). The Hall–Kier alpha value is -3.57. The van der Waals surface area contributed by atoms with E-state index in [2.05, 4.69) is 19.0 Å². The highest BCUT2D eigenvalue weighted by Gasteiger charge is 2.24. The number of ether oxygens (including phenoxy) is 3. The number of fused-ring (bicyclic) bond motifs is 1. The number of nitrogens with zero attached hydrogens (tertiary/aromatic N) is 6. The molecule has 0 saturated carbocycles. The van der Waals surface area contributed by atoms with E-state index in [4.69, 9.17) is 24.2 Å². The van der Waals surface area contributed by atoms with Crippen molar-refractivity contribution in [1.29, 1.82) is 0 Å². The minimum absolute atomic E-state index is 0.480. The van der Waals surface area contributed by atoms with Crippen LogP contribution < -0.4 is 18.9 Å². The summed E-state index contributed by atoms with van der Waals surface area (Å²) in [4.78, 5) is 18.9. The van der Waals surface area contributed by atoms with Gasteiger partial charge < -0.3 is 14.2 Å². The van der Waals surface area contributed by atoms with E-state index in [0.29, 0.717) is 58.3 Å². The van der Waals surface area contributed by atoms with Crippen LogP contribution in [0.3, 0.4) is 0 Å². The number of methoxy groups -OCH3 is 2. The smallest absolute Gasteiger partial charge is 0.213 e. The van der Waals surface area contributed by atoms with Gasteiger partial charge in [0.05, 0.1) is 27.0 Å². The molecule has 0 aliphatic carbocycles. The molecule has 1 fully saturated rings. The zero-order valence-corrected chi connectivity index (χ0v) is 20.7. The summed E-state index contributed by atoms with van der Waals surface area (Å²) >= 11 is 1.55. The van der Waals surface area contributed by atoms with Crippen molar-refractivity contribution in [3.63, 3.8) is 0 Å². The Morgan fingerprint density at radius 3 is 2.43 bits per heavy atom. The van der Waals surface area contributed by atoms with Crippen LogP contribution >= 0.6 is 12.1 Å². The lowest BCUT2D eigenvalue weighted by atomic mass is 10.2. The minimum Gasteiger partial charge on any atom is -0.494 e. The summed E-state index contributed by atoms with van der Waals surface area (Å²) in [6.07, 6.45) is 4.10. The number of para-hydroxylation sites is 1. The molecule has 3 aromatic heterocycles. The molecule has 1 saturated heterocycles. The summed E-state index contributed by atoms with van der Waals surface area (Å²) in [5, 5.41) is 0. The van der Waals surface area contributed by atoms with Gasteiger partial charge in [-0.3, -0.25) is 9.29 Å².